The fourth-order valence-electron chi connectivity index (χ4n) is 1.29. The van der Waals surface area contributed by atoms with Crippen molar-refractivity contribution in [2.45, 2.75) is 26.8 Å². The molecule has 1 aromatic heterocycles. The average Bonchev–Trinajstić information content (AvgIpc) is 2.26. The lowest BCUT2D eigenvalue weighted by molar-refractivity contribution is 0.0818. The van der Waals surface area contributed by atoms with E-state index < -0.39 is 13.0 Å². The second kappa shape index (κ2) is 7.17. The molecule has 0 saturated carbocycles. The summed E-state index contributed by atoms with van der Waals surface area (Å²) in [5, 5.41) is 3.23. The number of pyridine rings is 1. The van der Waals surface area contributed by atoms with E-state index >= 15 is 0 Å². The van der Waals surface area contributed by atoms with Crippen molar-refractivity contribution in [3.8, 4) is 5.75 Å². The third kappa shape index (κ3) is 6.16. The Hall–Kier alpha value is -1.23. The second-order valence-electron chi connectivity index (χ2n) is 4.21. The van der Waals surface area contributed by atoms with Crippen molar-refractivity contribution >= 4 is 0 Å². The normalized spacial score (nSPS) is 11.2. The summed E-state index contributed by atoms with van der Waals surface area (Å²) in [6.45, 7) is 5.15. The molecule has 3 nitrogen and oxygen atoms in total. The van der Waals surface area contributed by atoms with Crippen LogP contribution in [0.4, 0.5) is 8.78 Å². The number of halogens is 2. The van der Waals surface area contributed by atoms with Gasteiger partial charge in [-0.05, 0) is 18.5 Å². The Kier molecular flexibility index (Phi) is 5.83. The number of rotatable bonds is 7. The molecule has 0 radical (unpaired) electrons. The highest BCUT2D eigenvalue weighted by atomic mass is 19.3. The molecule has 1 rings (SSSR count). The van der Waals surface area contributed by atoms with Crippen LogP contribution in [0.1, 0.15) is 19.5 Å². The fourth-order valence-corrected chi connectivity index (χ4v) is 1.29. The minimum atomic E-state index is -2.45. The number of nitrogens with one attached hydrogen (secondary N) is 1. The lowest BCUT2D eigenvalue weighted by Crippen LogP contribution is -2.19. The number of hydrogen-bond donors (Lipinski definition) is 1. The maximum atomic E-state index is 12.0. The topological polar surface area (TPSA) is 34.1 Å². The van der Waals surface area contributed by atoms with Gasteiger partial charge in [0.25, 0.3) is 6.43 Å². The van der Waals surface area contributed by atoms with Gasteiger partial charge < -0.3 is 10.1 Å². The fraction of sp³-hybridized carbons (Fsp3) is 0.583. The molecule has 0 saturated heterocycles. The van der Waals surface area contributed by atoms with E-state index in [1.165, 1.54) is 0 Å². The summed E-state index contributed by atoms with van der Waals surface area (Å²) < 4.78 is 28.8. The molecule has 17 heavy (non-hydrogen) atoms. The molecule has 5 heteroatoms. The Labute approximate surface area is 100 Å². The van der Waals surface area contributed by atoms with Crippen LogP contribution in [0.3, 0.4) is 0 Å². The summed E-state index contributed by atoms with van der Waals surface area (Å²) in [4.78, 5) is 4.13. The minimum Gasteiger partial charge on any atom is -0.488 e. The van der Waals surface area contributed by atoms with Gasteiger partial charge in [0, 0.05) is 18.8 Å². The Morgan fingerprint density at radius 2 is 2.18 bits per heavy atom. The molecule has 0 bridgehead atoms. The maximum absolute atomic E-state index is 12.0. The largest absolute Gasteiger partial charge is 0.488 e. The van der Waals surface area contributed by atoms with E-state index in [0.29, 0.717) is 18.2 Å². The van der Waals surface area contributed by atoms with Gasteiger partial charge in [-0.25, -0.2) is 8.78 Å². The molecule has 1 N–H and O–H groups in total. The summed E-state index contributed by atoms with van der Waals surface area (Å²) in [5.74, 6) is 0.995. The highest BCUT2D eigenvalue weighted by Gasteiger charge is 2.04. The van der Waals surface area contributed by atoms with Gasteiger partial charge in [0.1, 0.15) is 12.4 Å². The van der Waals surface area contributed by atoms with Crippen LogP contribution in [-0.4, -0.2) is 24.6 Å². The van der Waals surface area contributed by atoms with Crippen LogP contribution in [0.15, 0.2) is 18.3 Å². The van der Waals surface area contributed by atoms with E-state index in [1.807, 2.05) is 0 Å². The molecular formula is C12H18F2N2O. The third-order valence-corrected chi connectivity index (χ3v) is 2.02. The maximum Gasteiger partial charge on any atom is 0.272 e. The molecule has 0 aliphatic heterocycles. The molecule has 0 atom stereocenters. The number of ether oxygens (including phenoxy) is 1. The minimum absolute atomic E-state index is 0.432. The van der Waals surface area contributed by atoms with Gasteiger partial charge in [0.15, 0.2) is 0 Å². The number of alkyl halides is 2. The van der Waals surface area contributed by atoms with Gasteiger partial charge in [-0.15, -0.1) is 0 Å². The van der Waals surface area contributed by atoms with Gasteiger partial charge in [-0.2, -0.15) is 0 Å². The van der Waals surface area contributed by atoms with Crippen molar-refractivity contribution in [3.05, 3.63) is 24.0 Å². The molecular weight excluding hydrogens is 226 g/mol. The quantitative estimate of drug-likeness (QED) is 0.800. The molecule has 1 aromatic rings. The highest BCUT2D eigenvalue weighted by molar-refractivity contribution is 5.22. The Bertz CT molecular complexity index is 332. The monoisotopic (exact) mass is 244 g/mol. The van der Waals surface area contributed by atoms with E-state index in [2.05, 4.69) is 24.1 Å². The number of hydrogen-bond acceptors (Lipinski definition) is 3. The van der Waals surface area contributed by atoms with Crippen molar-refractivity contribution in [1.82, 2.24) is 10.3 Å². The predicted octanol–water partition coefficient (Wildman–Crippen LogP) is 2.47. The zero-order valence-corrected chi connectivity index (χ0v) is 10.1. The smallest absolute Gasteiger partial charge is 0.272 e. The van der Waals surface area contributed by atoms with E-state index in [4.69, 9.17) is 4.74 Å². The first-order valence-corrected chi connectivity index (χ1v) is 5.64. The number of aromatic nitrogens is 1. The molecule has 0 spiro atoms. The van der Waals surface area contributed by atoms with Crippen LogP contribution < -0.4 is 10.1 Å². The molecule has 0 aromatic carbocycles. The first-order chi connectivity index (χ1) is 8.08. The Morgan fingerprint density at radius 3 is 2.82 bits per heavy atom. The van der Waals surface area contributed by atoms with Crippen molar-refractivity contribution in [2.24, 2.45) is 5.92 Å². The molecule has 0 fully saturated rings. The second-order valence-corrected chi connectivity index (χ2v) is 4.21. The Morgan fingerprint density at radius 1 is 1.41 bits per heavy atom. The summed E-state index contributed by atoms with van der Waals surface area (Å²) in [6, 6.07) is 3.25. The van der Waals surface area contributed by atoms with Crippen molar-refractivity contribution in [2.75, 3.05) is 13.2 Å². The van der Waals surface area contributed by atoms with Gasteiger partial charge in [0.05, 0.1) is 5.69 Å². The SMILES string of the molecule is CC(C)CNCc1cc(OCC(F)F)ccn1. The van der Waals surface area contributed by atoms with E-state index in [9.17, 15) is 8.78 Å². The van der Waals surface area contributed by atoms with Gasteiger partial charge in [0.2, 0.25) is 0 Å². The summed E-state index contributed by atoms with van der Waals surface area (Å²) >= 11 is 0. The molecule has 96 valence electrons. The highest BCUT2D eigenvalue weighted by Crippen LogP contribution is 2.12. The first-order valence-electron chi connectivity index (χ1n) is 5.64. The number of nitrogens with zero attached hydrogens (tertiary/aromatic N) is 1. The van der Waals surface area contributed by atoms with Crippen LogP contribution in [0.5, 0.6) is 5.75 Å². The zero-order valence-electron chi connectivity index (χ0n) is 10.1. The zero-order chi connectivity index (χ0) is 12.7. The summed E-state index contributed by atoms with van der Waals surface area (Å²) in [5.41, 5.74) is 0.789. The molecule has 1 heterocycles. The Balaban J connectivity index is 2.42. The molecule has 0 aliphatic rings. The van der Waals surface area contributed by atoms with Crippen LogP contribution in [0, 0.1) is 5.92 Å². The van der Waals surface area contributed by atoms with E-state index in [1.54, 1.807) is 18.3 Å². The van der Waals surface area contributed by atoms with Crippen LogP contribution >= 0.6 is 0 Å². The van der Waals surface area contributed by atoms with Crippen LogP contribution in [0.25, 0.3) is 0 Å². The predicted molar refractivity (Wildman–Crippen MR) is 62.3 cm³/mol. The third-order valence-electron chi connectivity index (χ3n) is 2.02. The van der Waals surface area contributed by atoms with Crippen molar-refractivity contribution in [1.29, 1.82) is 0 Å². The van der Waals surface area contributed by atoms with Crippen LogP contribution in [0.2, 0.25) is 0 Å². The van der Waals surface area contributed by atoms with Gasteiger partial charge in [-0.3, -0.25) is 4.98 Å². The summed E-state index contributed by atoms with van der Waals surface area (Å²) in [6.07, 6.45) is -0.890. The molecule has 0 amide bonds. The van der Waals surface area contributed by atoms with Gasteiger partial charge >= 0.3 is 0 Å². The van der Waals surface area contributed by atoms with Crippen LogP contribution in [-0.2, 0) is 6.54 Å². The molecule has 0 aliphatic carbocycles. The van der Waals surface area contributed by atoms with Crippen molar-refractivity contribution in [3.63, 3.8) is 0 Å². The summed E-state index contributed by atoms with van der Waals surface area (Å²) in [7, 11) is 0. The lowest BCUT2D eigenvalue weighted by Gasteiger charge is -2.09. The van der Waals surface area contributed by atoms with E-state index in [0.717, 1.165) is 12.2 Å². The first kappa shape index (κ1) is 13.8. The standard InChI is InChI=1S/C12H18F2N2O/c1-9(2)6-15-7-10-5-11(3-4-16-10)17-8-12(13)14/h3-5,9,12,15H,6-8H2,1-2H3. The van der Waals surface area contributed by atoms with Gasteiger partial charge in [-0.1, -0.05) is 13.8 Å². The van der Waals surface area contributed by atoms with E-state index in [-0.39, 0.29) is 0 Å². The van der Waals surface area contributed by atoms with Crippen molar-refractivity contribution < 1.29 is 13.5 Å². The molecule has 0 unspecified atom stereocenters. The average molecular weight is 244 g/mol. The lowest BCUT2D eigenvalue weighted by atomic mass is 10.2.